The molecule has 0 spiro atoms. The summed E-state index contributed by atoms with van der Waals surface area (Å²) in [4.78, 5) is 21.2. The van der Waals surface area contributed by atoms with Gasteiger partial charge in [-0.05, 0) is 0 Å². The first kappa shape index (κ1) is 10.9. The largest absolute Gasteiger partial charge is 0.396 e. The lowest BCUT2D eigenvalue weighted by Crippen LogP contribution is -2.42. The predicted molar refractivity (Wildman–Crippen MR) is 39.5 cm³/mol. The number of carbonyl (C=O) groups excluding carboxylic acids is 2. The van der Waals surface area contributed by atoms with E-state index in [1.165, 1.54) is 0 Å². The van der Waals surface area contributed by atoms with Crippen LogP contribution in [0.3, 0.4) is 0 Å². The van der Waals surface area contributed by atoms with E-state index in [0.717, 1.165) is 0 Å². The van der Waals surface area contributed by atoms with Crippen LogP contribution in [-0.2, 0) is 9.59 Å². The molecular formula is C6H12N2O4. The Kier molecular flexibility index (Phi) is 4.24. The molecule has 0 bridgehead atoms. The van der Waals surface area contributed by atoms with Crippen molar-refractivity contribution in [1.29, 1.82) is 0 Å². The number of nitrogens with two attached hydrogens (primary N) is 2. The van der Waals surface area contributed by atoms with E-state index in [-0.39, 0.29) is 0 Å². The maximum atomic E-state index is 10.6. The van der Waals surface area contributed by atoms with Crippen molar-refractivity contribution in [3.05, 3.63) is 0 Å². The SMILES string of the molecule is NC(=O)C(C(N)=O)C(CO)CO. The molecule has 0 saturated carbocycles. The smallest absolute Gasteiger partial charge is 0.230 e. The summed E-state index contributed by atoms with van der Waals surface area (Å²) in [7, 11) is 0. The van der Waals surface area contributed by atoms with Crippen molar-refractivity contribution in [3.8, 4) is 0 Å². The van der Waals surface area contributed by atoms with Crippen LogP contribution in [-0.4, -0.2) is 35.2 Å². The summed E-state index contributed by atoms with van der Waals surface area (Å²) in [5, 5.41) is 17.2. The molecule has 0 heterocycles. The van der Waals surface area contributed by atoms with Crippen LogP contribution in [0.4, 0.5) is 0 Å². The molecule has 0 aromatic rings. The summed E-state index contributed by atoms with van der Waals surface area (Å²) in [6, 6.07) is 0. The Morgan fingerprint density at radius 2 is 1.42 bits per heavy atom. The fourth-order valence-electron chi connectivity index (χ4n) is 0.873. The molecule has 0 aliphatic rings. The molecule has 6 N–H and O–H groups in total. The Morgan fingerprint density at radius 3 is 1.50 bits per heavy atom. The Labute approximate surface area is 69.2 Å². The van der Waals surface area contributed by atoms with E-state index in [9.17, 15) is 9.59 Å². The lowest BCUT2D eigenvalue weighted by molar-refractivity contribution is -0.135. The van der Waals surface area contributed by atoms with Gasteiger partial charge in [0.05, 0.1) is 0 Å². The van der Waals surface area contributed by atoms with Gasteiger partial charge in [0.2, 0.25) is 11.8 Å². The molecule has 0 fully saturated rings. The maximum Gasteiger partial charge on any atom is 0.230 e. The fourth-order valence-corrected chi connectivity index (χ4v) is 0.873. The van der Waals surface area contributed by atoms with Gasteiger partial charge in [0, 0.05) is 19.1 Å². The van der Waals surface area contributed by atoms with Crippen LogP contribution in [0.2, 0.25) is 0 Å². The number of primary amides is 2. The second-order valence-corrected chi connectivity index (χ2v) is 2.41. The van der Waals surface area contributed by atoms with Crippen LogP contribution in [0, 0.1) is 11.8 Å². The first-order valence-electron chi connectivity index (χ1n) is 3.35. The molecule has 0 aromatic carbocycles. The third kappa shape index (κ3) is 2.48. The van der Waals surface area contributed by atoms with E-state index in [4.69, 9.17) is 21.7 Å². The number of hydrogen-bond acceptors (Lipinski definition) is 4. The third-order valence-electron chi connectivity index (χ3n) is 1.55. The Bertz CT molecular complexity index is 164. The highest BCUT2D eigenvalue weighted by Gasteiger charge is 2.30. The monoisotopic (exact) mass is 176 g/mol. The highest BCUT2D eigenvalue weighted by molar-refractivity contribution is 5.99. The number of amides is 2. The zero-order chi connectivity index (χ0) is 9.72. The maximum absolute atomic E-state index is 10.6. The number of aliphatic hydroxyl groups is 2. The summed E-state index contributed by atoms with van der Waals surface area (Å²) < 4.78 is 0. The van der Waals surface area contributed by atoms with Gasteiger partial charge in [-0.1, -0.05) is 0 Å². The third-order valence-corrected chi connectivity index (χ3v) is 1.55. The molecule has 70 valence electrons. The highest BCUT2D eigenvalue weighted by Crippen LogP contribution is 2.09. The minimum absolute atomic E-state index is 0.507. The van der Waals surface area contributed by atoms with Crippen LogP contribution in [0.5, 0.6) is 0 Å². The summed E-state index contributed by atoms with van der Waals surface area (Å²) >= 11 is 0. The Morgan fingerprint density at radius 1 is 1.08 bits per heavy atom. The highest BCUT2D eigenvalue weighted by atomic mass is 16.3. The zero-order valence-corrected chi connectivity index (χ0v) is 6.43. The van der Waals surface area contributed by atoms with Gasteiger partial charge in [-0.2, -0.15) is 0 Å². The van der Waals surface area contributed by atoms with Gasteiger partial charge in [0.1, 0.15) is 5.92 Å². The van der Waals surface area contributed by atoms with Crippen LogP contribution < -0.4 is 11.5 Å². The molecule has 0 aromatic heterocycles. The van der Waals surface area contributed by atoms with Crippen molar-refractivity contribution in [2.24, 2.45) is 23.3 Å². The van der Waals surface area contributed by atoms with Gasteiger partial charge in [0.25, 0.3) is 0 Å². The van der Waals surface area contributed by atoms with Gasteiger partial charge in [0.15, 0.2) is 0 Å². The molecule has 12 heavy (non-hydrogen) atoms. The molecule has 0 aliphatic heterocycles. The average Bonchev–Trinajstić information content (AvgIpc) is 1.98. The normalized spacial score (nSPS) is 10.7. The van der Waals surface area contributed by atoms with Crippen molar-refractivity contribution in [2.45, 2.75) is 0 Å². The van der Waals surface area contributed by atoms with Gasteiger partial charge in [-0.15, -0.1) is 0 Å². The van der Waals surface area contributed by atoms with E-state index < -0.39 is 36.9 Å². The van der Waals surface area contributed by atoms with E-state index in [0.29, 0.717) is 0 Å². The molecule has 0 unspecified atom stereocenters. The summed E-state index contributed by atoms with van der Waals surface area (Å²) in [6.45, 7) is -1.01. The lowest BCUT2D eigenvalue weighted by atomic mass is 9.92. The molecular weight excluding hydrogens is 164 g/mol. The quantitative estimate of drug-likeness (QED) is 0.337. The first-order valence-corrected chi connectivity index (χ1v) is 3.35. The molecule has 0 atom stereocenters. The van der Waals surface area contributed by atoms with E-state index in [2.05, 4.69) is 0 Å². The first-order chi connectivity index (χ1) is 5.54. The minimum atomic E-state index is -1.31. The van der Waals surface area contributed by atoms with E-state index in [1.807, 2.05) is 0 Å². The second-order valence-electron chi connectivity index (χ2n) is 2.41. The van der Waals surface area contributed by atoms with Crippen LogP contribution >= 0.6 is 0 Å². The molecule has 0 aliphatic carbocycles. The van der Waals surface area contributed by atoms with Gasteiger partial charge < -0.3 is 21.7 Å². The van der Waals surface area contributed by atoms with Crippen molar-refractivity contribution in [2.75, 3.05) is 13.2 Å². The second kappa shape index (κ2) is 4.68. The van der Waals surface area contributed by atoms with Crippen molar-refractivity contribution in [1.82, 2.24) is 0 Å². The van der Waals surface area contributed by atoms with Crippen molar-refractivity contribution in [3.63, 3.8) is 0 Å². The molecule has 0 saturated heterocycles. The minimum Gasteiger partial charge on any atom is -0.396 e. The molecule has 2 amide bonds. The fraction of sp³-hybridized carbons (Fsp3) is 0.667. The van der Waals surface area contributed by atoms with E-state index >= 15 is 0 Å². The van der Waals surface area contributed by atoms with Crippen molar-refractivity contribution < 1.29 is 19.8 Å². The van der Waals surface area contributed by atoms with Gasteiger partial charge in [-0.25, -0.2) is 0 Å². The van der Waals surface area contributed by atoms with Crippen LogP contribution in [0.1, 0.15) is 0 Å². The van der Waals surface area contributed by atoms with Crippen molar-refractivity contribution >= 4 is 11.8 Å². The molecule has 0 radical (unpaired) electrons. The van der Waals surface area contributed by atoms with Gasteiger partial charge >= 0.3 is 0 Å². The van der Waals surface area contributed by atoms with Crippen LogP contribution in [0.15, 0.2) is 0 Å². The predicted octanol–water partition coefficient (Wildman–Crippen LogP) is -2.83. The summed E-state index contributed by atoms with van der Waals surface area (Å²) in [5.74, 6) is -4.08. The standard InChI is InChI=1S/C6H12N2O4/c7-5(11)4(6(8)12)3(1-9)2-10/h3-4,9-10H,1-2H2,(H2,7,11)(H2,8,12). The summed E-state index contributed by atoms with van der Waals surface area (Å²) in [5.41, 5.74) is 9.66. The lowest BCUT2D eigenvalue weighted by Gasteiger charge is -2.16. The molecule has 0 rings (SSSR count). The molecule has 6 nitrogen and oxygen atoms in total. The van der Waals surface area contributed by atoms with E-state index in [1.54, 1.807) is 0 Å². The molecule has 6 heteroatoms. The number of hydrogen-bond donors (Lipinski definition) is 4. The van der Waals surface area contributed by atoms with Crippen LogP contribution in [0.25, 0.3) is 0 Å². The number of aliphatic hydroxyl groups excluding tert-OH is 2. The summed E-state index contributed by atoms with van der Waals surface area (Å²) in [6.07, 6.45) is 0. The Balaban J connectivity index is 4.47. The Hall–Kier alpha value is -1.14. The topological polar surface area (TPSA) is 127 Å². The number of carbonyl (C=O) groups is 2. The van der Waals surface area contributed by atoms with Gasteiger partial charge in [-0.3, -0.25) is 9.59 Å². The zero-order valence-electron chi connectivity index (χ0n) is 6.43. The number of rotatable bonds is 5. The average molecular weight is 176 g/mol.